The lowest BCUT2D eigenvalue weighted by atomic mass is 10.2. The van der Waals surface area contributed by atoms with E-state index >= 15 is 0 Å². The number of hydrogen-bond acceptors (Lipinski definition) is 4. The Morgan fingerprint density at radius 3 is 2.50 bits per heavy atom. The van der Waals surface area contributed by atoms with E-state index in [0.717, 1.165) is 16.3 Å². The van der Waals surface area contributed by atoms with Gasteiger partial charge in [0.15, 0.2) is 15.6 Å². The fraction of sp³-hybridized carbons (Fsp3) is 0.143. The van der Waals surface area contributed by atoms with Gasteiger partial charge in [0.2, 0.25) is 0 Å². The van der Waals surface area contributed by atoms with Crippen LogP contribution in [0.25, 0.3) is 0 Å². The zero-order valence-electron chi connectivity index (χ0n) is 11.1. The lowest BCUT2D eigenvalue weighted by Gasteiger charge is -2.12. The minimum absolute atomic E-state index is 0.0730. The number of para-hydroxylation sites is 1. The first-order valence-corrected chi connectivity index (χ1v) is 8.50. The number of rotatable bonds is 3. The van der Waals surface area contributed by atoms with Crippen LogP contribution >= 0.6 is 15.9 Å². The number of nitrogen functional groups attached to an aromatic ring is 1. The summed E-state index contributed by atoms with van der Waals surface area (Å²) in [6.45, 7) is 1.94. The summed E-state index contributed by atoms with van der Waals surface area (Å²) < 4.78 is 29.9. The van der Waals surface area contributed by atoms with Crippen molar-refractivity contribution in [3.63, 3.8) is 0 Å². The second-order valence-electron chi connectivity index (χ2n) is 4.45. The molecule has 4 nitrogen and oxygen atoms in total. The molecule has 2 aromatic rings. The van der Waals surface area contributed by atoms with Gasteiger partial charge in [-0.2, -0.15) is 0 Å². The van der Waals surface area contributed by atoms with Crippen LogP contribution in [0.5, 0.6) is 11.5 Å². The van der Waals surface area contributed by atoms with Gasteiger partial charge in [-0.15, -0.1) is 0 Å². The van der Waals surface area contributed by atoms with Crippen molar-refractivity contribution in [3.8, 4) is 11.5 Å². The first-order valence-electron chi connectivity index (χ1n) is 5.81. The van der Waals surface area contributed by atoms with Crippen molar-refractivity contribution < 1.29 is 13.2 Å². The maximum Gasteiger partial charge on any atom is 0.177 e. The van der Waals surface area contributed by atoms with E-state index < -0.39 is 9.84 Å². The van der Waals surface area contributed by atoms with Crippen LogP contribution in [-0.2, 0) is 9.84 Å². The molecule has 20 heavy (non-hydrogen) atoms. The topological polar surface area (TPSA) is 69.4 Å². The molecule has 0 unspecified atom stereocenters. The van der Waals surface area contributed by atoms with Crippen LogP contribution in [0, 0.1) is 6.92 Å². The molecule has 0 aliphatic rings. The second-order valence-corrected chi connectivity index (χ2v) is 7.29. The molecule has 0 radical (unpaired) electrons. The summed E-state index contributed by atoms with van der Waals surface area (Å²) in [5.74, 6) is 0.928. The Hall–Kier alpha value is -1.53. The number of nitrogens with two attached hydrogens (primary N) is 1. The van der Waals surface area contributed by atoms with E-state index in [1.54, 1.807) is 18.2 Å². The molecule has 2 N–H and O–H groups in total. The maximum absolute atomic E-state index is 11.6. The van der Waals surface area contributed by atoms with Gasteiger partial charge in [0, 0.05) is 10.7 Å². The van der Waals surface area contributed by atoms with Crippen molar-refractivity contribution in [1.82, 2.24) is 0 Å². The predicted octanol–water partition coefficient (Wildman–Crippen LogP) is 3.54. The summed E-state index contributed by atoms with van der Waals surface area (Å²) in [5.41, 5.74) is 7.01. The van der Waals surface area contributed by atoms with Crippen LogP contribution in [0.15, 0.2) is 45.8 Å². The molecule has 0 atom stereocenters. The quantitative estimate of drug-likeness (QED) is 0.854. The van der Waals surface area contributed by atoms with Crippen molar-refractivity contribution in [2.75, 3.05) is 12.0 Å². The molecule has 0 aliphatic carbocycles. The van der Waals surface area contributed by atoms with E-state index in [2.05, 4.69) is 15.9 Å². The molecule has 6 heteroatoms. The Morgan fingerprint density at radius 1 is 1.20 bits per heavy atom. The zero-order chi connectivity index (χ0) is 14.9. The third-order valence-electron chi connectivity index (χ3n) is 2.78. The van der Waals surface area contributed by atoms with Crippen molar-refractivity contribution in [3.05, 3.63) is 46.4 Å². The Labute approximate surface area is 126 Å². The fourth-order valence-corrected chi connectivity index (χ4v) is 2.82. The van der Waals surface area contributed by atoms with Gasteiger partial charge in [0.25, 0.3) is 0 Å². The molecule has 0 aromatic heterocycles. The summed E-state index contributed by atoms with van der Waals surface area (Å²) in [7, 11) is -3.38. The van der Waals surface area contributed by atoms with E-state index in [1.807, 2.05) is 19.1 Å². The van der Waals surface area contributed by atoms with E-state index in [4.69, 9.17) is 10.5 Å². The third-order valence-corrected chi connectivity index (χ3v) is 4.83. The number of halogens is 1. The van der Waals surface area contributed by atoms with Gasteiger partial charge in [-0.1, -0.05) is 22.0 Å². The first kappa shape index (κ1) is 14.9. The van der Waals surface area contributed by atoms with Gasteiger partial charge in [-0.3, -0.25) is 0 Å². The Bertz CT molecular complexity index is 757. The lowest BCUT2D eigenvalue weighted by molar-refractivity contribution is 0.483. The largest absolute Gasteiger partial charge is 0.455 e. The maximum atomic E-state index is 11.6. The van der Waals surface area contributed by atoms with Crippen LogP contribution in [0.1, 0.15) is 5.56 Å². The number of ether oxygens (including phenoxy) is 1. The average Bonchev–Trinajstić information content (AvgIpc) is 2.35. The highest BCUT2D eigenvalue weighted by atomic mass is 79.9. The Morgan fingerprint density at radius 2 is 1.90 bits per heavy atom. The molecule has 106 valence electrons. The highest BCUT2D eigenvalue weighted by Crippen LogP contribution is 2.33. The molecule has 2 aromatic carbocycles. The average molecular weight is 356 g/mol. The SMILES string of the molecule is Cc1cc(Oc2cccc(S(C)(=O)=O)c2N)ccc1Br. The number of anilines is 1. The number of benzene rings is 2. The number of aryl methyl sites for hydroxylation is 1. The molecule has 2 rings (SSSR count). The van der Waals surface area contributed by atoms with E-state index in [9.17, 15) is 8.42 Å². The standard InChI is InChI=1S/C14H14BrNO3S/c1-9-8-10(6-7-11(9)15)19-12-4-3-5-13(14(12)16)20(2,17)18/h3-8H,16H2,1-2H3. The van der Waals surface area contributed by atoms with Gasteiger partial charge in [-0.25, -0.2) is 8.42 Å². The third kappa shape index (κ3) is 3.13. The molecule has 0 saturated carbocycles. The van der Waals surface area contributed by atoms with Crippen molar-refractivity contribution in [1.29, 1.82) is 0 Å². The normalized spacial score (nSPS) is 11.3. The van der Waals surface area contributed by atoms with Gasteiger partial charge < -0.3 is 10.5 Å². The van der Waals surface area contributed by atoms with E-state index in [-0.39, 0.29) is 10.6 Å². The van der Waals surface area contributed by atoms with E-state index in [0.29, 0.717) is 11.5 Å². The molecule has 0 heterocycles. The predicted molar refractivity (Wildman–Crippen MR) is 82.9 cm³/mol. The highest BCUT2D eigenvalue weighted by molar-refractivity contribution is 9.10. The molecule has 0 fully saturated rings. The van der Waals surface area contributed by atoms with Gasteiger partial charge in [0.1, 0.15) is 5.75 Å². The van der Waals surface area contributed by atoms with Crippen molar-refractivity contribution in [2.24, 2.45) is 0 Å². The minimum atomic E-state index is -3.38. The summed E-state index contributed by atoms with van der Waals surface area (Å²) in [5, 5.41) is 0. The Kier molecular flexibility index (Phi) is 4.06. The number of sulfone groups is 1. The van der Waals surface area contributed by atoms with Crippen LogP contribution in [0.3, 0.4) is 0 Å². The molecule has 0 aliphatic heterocycles. The second kappa shape index (κ2) is 5.46. The summed E-state index contributed by atoms with van der Waals surface area (Å²) in [6.07, 6.45) is 1.12. The molecule has 0 saturated heterocycles. The summed E-state index contributed by atoms with van der Waals surface area (Å²) >= 11 is 3.41. The van der Waals surface area contributed by atoms with Crippen LogP contribution in [0.2, 0.25) is 0 Å². The molecule has 0 amide bonds. The summed E-state index contributed by atoms with van der Waals surface area (Å²) in [4.78, 5) is 0.0730. The monoisotopic (exact) mass is 355 g/mol. The van der Waals surface area contributed by atoms with Gasteiger partial charge in [-0.05, 0) is 42.8 Å². The van der Waals surface area contributed by atoms with Crippen LogP contribution in [-0.4, -0.2) is 14.7 Å². The molecular weight excluding hydrogens is 342 g/mol. The Balaban J connectivity index is 2.42. The summed E-state index contributed by atoms with van der Waals surface area (Å²) in [6, 6.07) is 10.2. The van der Waals surface area contributed by atoms with Gasteiger partial charge in [0.05, 0.1) is 10.6 Å². The molecule has 0 bridgehead atoms. The number of hydrogen-bond donors (Lipinski definition) is 1. The fourth-order valence-electron chi connectivity index (χ4n) is 1.74. The smallest absolute Gasteiger partial charge is 0.177 e. The van der Waals surface area contributed by atoms with Crippen molar-refractivity contribution in [2.45, 2.75) is 11.8 Å². The highest BCUT2D eigenvalue weighted by Gasteiger charge is 2.15. The minimum Gasteiger partial charge on any atom is -0.455 e. The van der Waals surface area contributed by atoms with Crippen LogP contribution in [0.4, 0.5) is 5.69 Å². The van der Waals surface area contributed by atoms with Crippen molar-refractivity contribution >= 4 is 31.5 Å². The molecular formula is C14H14BrNO3S. The zero-order valence-corrected chi connectivity index (χ0v) is 13.5. The first-order chi connectivity index (χ1) is 9.29. The van der Waals surface area contributed by atoms with E-state index in [1.165, 1.54) is 6.07 Å². The lowest BCUT2D eigenvalue weighted by Crippen LogP contribution is -2.03. The molecule has 0 spiro atoms. The van der Waals surface area contributed by atoms with Gasteiger partial charge >= 0.3 is 0 Å². The van der Waals surface area contributed by atoms with Crippen LogP contribution < -0.4 is 10.5 Å².